The van der Waals surface area contributed by atoms with Gasteiger partial charge in [-0.2, -0.15) is 11.8 Å². The molecule has 0 aliphatic rings. The Bertz CT molecular complexity index is 436. The summed E-state index contributed by atoms with van der Waals surface area (Å²) in [4.78, 5) is 3.38. The van der Waals surface area contributed by atoms with Gasteiger partial charge in [-0.3, -0.25) is 0 Å². The second kappa shape index (κ2) is 4.28. The molecule has 0 atom stereocenters. The average Bonchev–Trinajstić information content (AvgIpc) is 2.56. The molecule has 0 bridgehead atoms. The number of halogens is 1. The van der Waals surface area contributed by atoms with Crippen molar-refractivity contribution in [3.8, 4) is 0 Å². The van der Waals surface area contributed by atoms with Crippen molar-refractivity contribution in [2.75, 3.05) is 5.75 Å². The van der Waals surface area contributed by atoms with E-state index < -0.39 is 0 Å². The van der Waals surface area contributed by atoms with Crippen LogP contribution in [0.4, 0.5) is 0 Å². The highest BCUT2D eigenvalue weighted by Crippen LogP contribution is 2.22. The third-order valence-electron chi connectivity index (χ3n) is 2.10. The van der Waals surface area contributed by atoms with Gasteiger partial charge in [-0.25, -0.2) is 0 Å². The Morgan fingerprint density at radius 2 is 2.21 bits per heavy atom. The van der Waals surface area contributed by atoms with E-state index in [1.807, 2.05) is 30.0 Å². The van der Waals surface area contributed by atoms with Crippen LogP contribution in [0, 0.1) is 0 Å². The van der Waals surface area contributed by atoms with Gasteiger partial charge in [0.15, 0.2) is 0 Å². The van der Waals surface area contributed by atoms with E-state index in [0.29, 0.717) is 0 Å². The molecule has 0 saturated carbocycles. The van der Waals surface area contributed by atoms with Gasteiger partial charge < -0.3 is 4.98 Å². The zero-order chi connectivity index (χ0) is 9.97. The van der Waals surface area contributed by atoms with Crippen molar-refractivity contribution >= 4 is 34.3 Å². The number of benzene rings is 1. The largest absolute Gasteiger partial charge is 0.358 e. The molecule has 0 aliphatic heterocycles. The van der Waals surface area contributed by atoms with Crippen LogP contribution < -0.4 is 0 Å². The van der Waals surface area contributed by atoms with Crippen LogP contribution in [0.15, 0.2) is 24.3 Å². The van der Waals surface area contributed by atoms with Gasteiger partial charge >= 0.3 is 0 Å². The van der Waals surface area contributed by atoms with Crippen LogP contribution in [0.3, 0.4) is 0 Å². The minimum absolute atomic E-state index is 0.797. The summed E-state index contributed by atoms with van der Waals surface area (Å²) in [5.74, 6) is 2.19. The molecule has 0 spiro atoms. The molecule has 74 valence electrons. The number of nitrogens with one attached hydrogen (secondary N) is 1. The number of fused-ring (bicyclic) bond motifs is 1. The van der Waals surface area contributed by atoms with Crippen LogP contribution >= 0.6 is 23.4 Å². The number of aromatic amines is 1. The molecule has 0 unspecified atom stereocenters. The Balaban J connectivity index is 2.32. The van der Waals surface area contributed by atoms with E-state index in [2.05, 4.69) is 18.0 Å². The van der Waals surface area contributed by atoms with Gasteiger partial charge in [0.2, 0.25) is 0 Å². The van der Waals surface area contributed by atoms with Crippen LogP contribution in [0.5, 0.6) is 0 Å². The van der Waals surface area contributed by atoms with Crippen LogP contribution in [-0.2, 0) is 5.75 Å². The Morgan fingerprint density at radius 1 is 1.36 bits per heavy atom. The molecule has 0 saturated heterocycles. The first kappa shape index (κ1) is 9.94. The third-order valence-corrected chi connectivity index (χ3v) is 3.26. The second-order valence-electron chi connectivity index (χ2n) is 3.16. The fourth-order valence-electron chi connectivity index (χ4n) is 1.45. The Kier molecular flexibility index (Phi) is 3.04. The van der Waals surface area contributed by atoms with Crippen molar-refractivity contribution in [1.29, 1.82) is 0 Å². The summed E-state index contributed by atoms with van der Waals surface area (Å²) in [6, 6.07) is 8.10. The lowest BCUT2D eigenvalue weighted by Crippen LogP contribution is -1.78. The number of thioether (sulfide) groups is 1. The van der Waals surface area contributed by atoms with Gasteiger partial charge in [0.25, 0.3) is 0 Å². The maximum atomic E-state index is 5.91. The minimum atomic E-state index is 0.797. The van der Waals surface area contributed by atoms with Crippen LogP contribution in [0.1, 0.15) is 12.6 Å². The monoisotopic (exact) mass is 225 g/mol. The summed E-state index contributed by atoms with van der Waals surface area (Å²) in [5.41, 5.74) is 2.44. The molecule has 2 aromatic rings. The molecule has 0 aliphatic carbocycles. The van der Waals surface area contributed by atoms with Crippen LogP contribution in [-0.4, -0.2) is 10.7 Å². The Morgan fingerprint density at radius 3 is 3.00 bits per heavy atom. The van der Waals surface area contributed by atoms with Gasteiger partial charge in [0, 0.05) is 27.4 Å². The second-order valence-corrected chi connectivity index (χ2v) is 4.87. The van der Waals surface area contributed by atoms with E-state index in [1.165, 1.54) is 16.6 Å². The van der Waals surface area contributed by atoms with Gasteiger partial charge in [-0.05, 0) is 30.0 Å². The summed E-state index contributed by atoms with van der Waals surface area (Å²) in [6.07, 6.45) is 0. The topological polar surface area (TPSA) is 15.8 Å². The smallest absolute Gasteiger partial charge is 0.0457 e. The molecule has 3 heteroatoms. The molecule has 1 N–H and O–H groups in total. The molecular formula is C11H12ClNS. The minimum Gasteiger partial charge on any atom is -0.358 e. The fourth-order valence-corrected chi connectivity index (χ4v) is 2.21. The summed E-state index contributed by atoms with van der Waals surface area (Å²) in [5, 5.41) is 2.00. The lowest BCUT2D eigenvalue weighted by molar-refractivity contribution is 1.26. The van der Waals surface area contributed by atoms with Gasteiger partial charge in [0.1, 0.15) is 0 Å². The van der Waals surface area contributed by atoms with Crippen LogP contribution in [0.2, 0.25) is 5.02 Å². The summed E-state index contributed by atoms with van der Waals surface area (Å²) in [6.45, 7) is 2.17. The highest BCUT2D eigenvalue weighted by molar-refractivity contribution is 7.98. The van der Waals surface area contributed by atoms with E-state index in [0.717, 1.165) is 16.5 Å². The molecule has 1 aromatic carbocycles. The number of rotatable bonds is 3. The fraction of sp³-hybridized carbons (Fsp3) is 0.273. The van der Waals surface area contributed by atoms with E-state index >= 15 is 0 Å². The highest BCUT2D eigenvalue weighted by atomic mass is 35.5. The molecule has 0 radical (unpaired) electrons. The highest BCUT2D eigenvalue weighted by Gasteiger charge is 2.00. The number of hydrogen-bond donors (Lipinski definition) is 1. The van der Waals surface area contributed by atoms with E-state index in [4.69, 9.17) is 11.6 Å². The lowest BCUT2D eigenvalue weighted by Gasteiger charge is -1.92. The first-order chi connectivity index (χ1) is 6.79. The van der Waals surface area contributed by atoms with Gasteiger partial charge in [-0.15, -0.1) is 0 Å². The number of aromatic nitrogens is 1. The quantitative estimate of drug-likeness (QED) is 0.833. The third kappa shape index (κ3) is 2.07. The SMILES string of the molecule is CCSCc1cc2cc(Cl)ccc2[nH]1. The Hall–Kier alpha value is -0.600. The van der Waals surface area contributed by atoms with E-state index in [-0.39, 0.29) is 0 Å². The molecule has 1 heterocycles. The molecule has 0 fully saturated rings. The zero-order valence-electron chi connectivity index (χ0n) is 8.01. The first-order valence-corrected chi connectivity index (χ1v) is 6.18. The van der Waals surface area contributed by atoms with Crippen molar-refractivity contribution in [3.63, 3.8) is 0 Å². The van der Waals surface area contributed by atoms with Gasteiger partial charge in [-0.1, -0.05) is 18.5 Å². The molecule has 1 nitrogen and oxygen atoms in total. The van der Waals surface area contributed by atoms with E-state index in [1.54, 1.807) is 0 Å². The molecule has 0 amide bonds. The van der Waals surface area contributed by atoms with Crippen molar-refractivity contribution < 1.29 is 0 Å². The predicted molar refractivity (Wildman–Crippen MR) is 65.1 cm³/mol. The average molecular weight is 226 g/mol. The van der Waals surface area contributed by atoms with E-state index in [9.17, 15) is 0 Å². The molecule has 14 heavy (non-hydrogen) atoms. The summed E-state index contributed by atoms with van der Waals surface area (Å²) >= 11 is 7.83. The van der Waals surface area contributed by atoms with Crippen molar-refractivity contribution in [3.05, 3.63) is 35.0 Å². The van der Waals surface area contributed by atoms with Crippen molar-refractivity contribution in [2.45, 2.75) is 12.7 Å². The van der Waals surface area contributed by atoms with Crippen LogP contribution in [0.25, 0.3) is 10.9 Å². The number of H-pyrrole nitrogens is 1. The summed E-state index contributed by atoms with van der Waals surface area (Å²) < 4.78 is 0. The molecule has 1 aromatic heterocycles. The zero-order valence-corrected chi connectivity index (χ0v) is 9.58. The van der Waals surface area contributed by atoms with Crippen molar-refractivity contribution in [2.24, 2.45) is 0 Å². The maximum Gasteiger partial charge on any atom is 0.0457 e. The maximum absolute atomic E-state index is 5.91. The Labute approximate surface area is 92.8 Å². The molecule has 2 rings (SSSR count). The normalized spacial score (nSPS) is 11.0. The summed E-state index contributed by atoms with van der Waals surface area (Å²) in [7, 11) is 0. The lowest BCUT2D eigenvalue weighted by atomic mass is 10.2. The first-order valence-electron chi connectivity index (χ1n) is 4.64. The standard InChI is InChI=1S/C11H12ClNS/c1-2-14-7-10-6-8-5-9(12)3-4-11(8)13-10/h3-6,13H,2,7H2,1H3. The predicted octanol–water partition coefficient (Wildman–Crippen LogP) is 4.07. The molecular weight excluding hydrogens is 214 g/mol. The van der Waals surface area contributed by atoms with Gasteiger partial charge in [0.05, 0.1) is 0 Å². The van der Waals surface area contributed by atoms with Crippen molar-refractivity contribution in [1.82, 2.24) is 4.98 Å². The number of hydrogen-bond acceptors (Lipinski definition) is 1.